The molecule has 116 valence electrons. The number of likely N-dealkylation sites (tertiary alicyclic amines) is 1. The molecule has 0 aromatic carbocycles. The zero-order valence-corrected chi connectivity index (χ0v) is 12.6. The number of hydrogen-bond donors (Lipinski definition) is 0. The molecule has 2 aliphatic rings. The van der Waals surface area contributed by atoms with Crippen molar-refractivity contribution in [3.05, 3.63) is 46.1 Å². The number of rotatable bonds is 2. The number of nitrogens with zero attached hydrogens (tertiary/aromatic N) is 5. The van der Waals surface area contributed by atoms with Crippen molar-refractivity contribution >= 4 is 0 Å². The van der Waals surface area contributed by atoms with Gasteiger partial charge in [-0.1, -0.05) is 11.3 Å². The molecular weight excluding hydrogens is 282 g/mol. The van der Waals surface area contributed by atoms with Gasteiger partial charge in [-0.05, 0) is 12.5 Å². The van der Waals surface area contributed by atoms with Crippen molar-refractivity contribution in [2.45, 2.75) is 31.7 Å². The quantitative estimate of drug-likeness (QED) is 0.799. The molecule has 0 radical (unpaired) electrons. The van der Waals surface area contributed by atoms with Crippen molar-refractivity contribution in [1.29, 1.82) is 0 Å². The number of aromatic nitrogens is 4. The number of ether oxygens (including phenoxy) is 1. The summed E-state index contributed by atoms with van der Waals surface area (Å²) in [7, 11) is 1.79. The van der Waals surface area contributed by atoms with E-state index in [-0.39, 0.29) is 17.7 Å². The third-order valence-electron chi connectivity index (χ3n) is 4.61. The molecule has 22 heavy (non-hydrogen) atoms. The fourth-order valence-corrected chi connectivity index (χ4v) is 3.41. The molecule has 2 aromatic heterocycles. The van der Waals surface area contributed by atoms with E-state index in [1.165, 1.54) is 0 Å². The highest BCUT2D eigenvalue weighted by Gasteiger charge is 2.36. The van der Waals surface area contributed by atoms with Crippen molar-refractivity contribution in [3.8, 4) is 0 Å². The molecule has 2 atom stereocenters. The Kier molecular flexibility index (Phi) is 3.31. The molecule has 7 heteroatoms. The van der Waals surface area contributed by atoms with Crippen molar-refractivity contribution in [3.63, 3.8) is 0 Å². The number of aryl methyl sites for hydroxylation is 1. The molecule has 4 heterocycles. The van der Waals surface area contributed by atoms with Crippen LogP contribution in [-0.2, 0) is 24.9 Å². The van der Waals surface area contributed by atoms with Gasteiger partial charge >= 0.3 is 0 Å². The van der Waals surface area contributed by atoms with Gasteiger partial charge in [0.1, 0.15) is 0 Å². The van der Waals surface area contributed by atoms with Crippen LogP contribution in [0.2, 0.25) is 0 Å². The van der Waals surface area contributed by atoms with Crippen LogP contribution in [0.4, 0.5) is 0 Å². The molecule has 0 spiro atoms. The van der Waals surface area contributed by atoms with Gasteiger partial charge in [-0.2, -0.15) is 0 Å². The van der Waals surface area contributed by atoms with Gasteiger partial charge in [0.2, 0.25) is 0 Å². The minimum atomic E-state index is 0.0766. The van der Waals surface area contributed by atoms with E-state index in [4.69, 9.17) is 4.74 Å². The minimum absolute atomic E-state index is 0.0766. The molecule has 0 bridgehead atoms. The van der Waals surface area contributed by atoms with E-state index in [1.54, 1.807) is 24.0 Å². The fraction of sp³-hybridized carbons (Fsp3) is 0.533. The normalized spacial score (nSPS) is 24.8. The van der Waals surface area contributed by atoms with E-state index < -0.39 is 0 Å². The summed E-state index contributed by atoms with van der Waals surface area (Å²) in [6, 6.07) is 4.09. The summed E-state index contributed by atoms with van der Waals surface area (Å²) in [6.07, 6.45) is 4.65. The van der Waals surface area contributed by atoms with Crippen LogP contribution < -0.4 is 5.56 Å². The van der Waals surface area contributed by atoms with Crippen LogP contribution in [0.25, 0.3) is 0 Å². The predicted octanol–water partition coefficient (Wildman–Crippen LogP) is 0.323. The molecule has 7 nitrogen and oxygen atoms in total. The van der Waals surface area contributed by atoms with E-state index >= 15 is 0 Å². The molecular formula is C15H19N5O2. The van der Waals surface area contributed by atoms with Gasteiger partial charge in [-0.15, -0.1) is 5.10 Å². The fourth-order valence-electron chi connectivity index (χ4n) is 3.41. The summed E-state index contributed by atoms with van der Waals surface area (Å²) in [4.78, 5) is 14.4. The van der Waals surface area contributed by atoms with E-state index in [2.05, 4.69) is 15.2 Å². The number of fused-ring (bicyclic) bond motifs is 3. The second-order valence-corrected chi connectivity index (χ2v) is 6.06. The van der Waals surface area contributed by atoms with Gasteiger partial charge in [-0.3, -0.25) is 9.69 Å². The standard InChI is InChI=1S/C15H19N5O2/c1-18-5-2-3-11(15(18)21)8-19-6-4-13-14(9-19)22-10-12-7-16-17-20(12)13/h2-3,5,7,13-14H,4,6,8-10H2,1H3/t13-,14-/m0/s1. The average Bonchev–Trinajstić information content (AvgIpc) is 3.00. The molecule has 4 rings (SSSR count). The molecule has 2 aromatic rings. The van der Waals surface area contributed by atoms with E-state index in [1.807, 2.05) is 16.8 Å². The molecule has 1 fully saturated rings. The van der Waals surface area contributed by atoms with Crippen molar-refractivity contribution in [1.82, 2.24) is 24.5 Å². The number of pyridine rings is 1. The Hall–Kier alpha value is -1.99. The maximum atomic E-state index is 12.1. The second-order valence-electron chi connectivity index (χ2n) is 6.06. The predicted molar refractivity (Wildman–Crippen MR) is 79.2 cm³/mol. The molecule has 0 N–H and O–H groups in total. The maximum absolute atomic E-state index is 12.1. The zero-order valence-electron chi connectivity index (χ0n) is 12.6. The monoisotopic (exact) mass is 301 g/mol. The van der Waals surface area contributed by atoms with Gasteiger partial charge in [0.25, 0.3) is 5.56 Å². The third kappa shape index (κ3) is 2.26. The Labute approximate surface area is 128 Å². The topological polar surface area (TPSA) is 65.2 Å². The molecule has 0 unspecified atom stereocenters. The van der Waals surface area contributed by atoms with Crippen molar-refractivity contribution in [2.75, 3.05) is 13.1 Å². The molecule has 1 saturated heterocycles. The van der Waals surface area contributed by atoms with Crippen LogP contribution in [0.3, 0.4) is 0 Å². The van der Waals surface area contributed by atoms with Crippen molar-refractivity contribution < 1.29 is 4.74 Å². The maximum Gasteiger partial charge on any atom is 0.254 e. The van der Waals surface area contributed by atoms with Crippen LogP contribution in [0.15, 0.2) is 29.3 Å². The first kappa shape index (κ1) is 13.7. The van der Waals surface area contributed by atoms with E-state index in [0.717, 1.165) is 30.8 Å². The third-order valence-corrected chi connectivity index (χ3v) is 4.61. The van der Waals surface area contributed by atoms with Gasteiger partial charge in [0.05, 0.1) is 30.6 Å². The lowest BCUT2D eigenvalue weighted by Crippen LogP contribution is -2.48. The second kappa shape index (κ2) is 5.33. The van der Waals surface area contributed by atoms with E-state index in [0.29, 0.717) is 13.2 Å². The zero-order chi connectivity index (χ0) is 15.1. The highest BCUT2D eigenvalue weighted by molar-refractivity contribution is 5.10. The largest absolute Gasteiger partial charge is 0.368 e. The van der Waals surface area contributed by atoms with E-state index in [9.17, 15) is 4.79 Å². The van der Waals surface area contributed by atoms with Crippen LogP contribution in [-0.4, -0.2) is 43.7 Å². The van der Waals surface area contributed by atoms with Crippen LogP contribution in [0.1, 0.15) is 23.7 Å². The number of hydrogen-bond acceptors (Lipinski definition) is 5. The summed E-state index contributed by atoms with van der Waals surface area (Å²) in [5.41, 5.74) is 1.96. The van der Waals surface area contributed by atoms with Gasteiger partial charge in [0.15, 0.2) is 0 Å². The SMILES string of the molecule is Cn1cccc(CN2CC[C@H]3[C@H](C2)OCc2cnnn23)c1=O. The smallest absolute Gasteiger partial charge is 0.254 e. The van der Waals surface area contributed by atoms with Crippen LogP contribution in [0.5, 0.6) is 0 Å². The lowest BCUT2D eigenvalue weighted by molar-refractivity contribution is -0.0705. The van der Waals surface area contributed by atoms with Gasteiger partial charge in [-0.25, -0.2) is 4.68 Å². The number of piperidine rings is 1. The summed E-state index contributed by atoms with van der Waals surface area (Å²) in [5.74, 6) is 0. The van der Waals surface area contributed by atoms with Crippen molar-refractivity contribution in [2.24, 2.45) is 7.05 Å². The Morgan fingerprint density at radius 1 is 1.45 bits per heavy atom. The summed E-state index contributed by atoms with van der Waals surface area (Å²) >= 11 is 0. The lowest BCUT2D eigenvalue weighted by Gasteiger charge is -2.40. The molecule has 0 saturated carbocycles. The Morgan fingerprint density at radius 3 is 3.27 bits per heavy atom. The first-order valence-corrected chi connectivity index (χ1v) is 7.60. The van der Waals surface area contributed by atoms with Crippen LogP contribution in [0, 0.1) is 0 Å². The first-order valence-electron chi connectivity index (χ1n) is 7.60. The van der Waals surface area contributed by atoms with Crippen LogP contribution >= 0.6 is 0 Å². The molecule has 0 aliphatic carbocycles. The first-order chi connectivity index (χ1) is 10.7. The summed E-state index contributed by atoms with van der Waals surface area (Å²) < 4.78 is 9.60. The lowest BCUT2D eigenvalue weighted by atomic mass is 10.00. The van der Waals surface area contributed by atoms with Gasteiger partial charge < -0.3 is 9.30 Å². The Morgan fingerprint density at radius 2 is 2.36 bits per heavy atom. The Bertz CT molecular complexity index is 738. The highest BCUT2D eigenvalue weighted by atomic mass is 16.5. The summed E-state index contributed by atoms with van der Waals surface area (Å²) in [6.45, 7) is 2.99. The highest BCUT2D eigenvalue weighted by Crippen LogP contribution is 2.30. The molecule has 0 amide bonds. The van der Waals surface area contributed by atoms with Gasteiger partial charge in [0, 0.05) is 38.4 Å². The average molecular weight is 301 g/mol. The summed E-state index contributed by atoms with van der Waals surface area (Å²) in [5, 5.41) is 8.17. The Balaban J connectivity index is 1.49. The molecule has 2 aliphatic heterocycles. The minimum Gasteiger partial charge on any atom is -0.368 e.